The molecular weight excluding hydrogens is 342 g/mol. The number of Topliss-reactive ketones (excluding diaryl/α,β-unsaturated/α-hetero) is 1. The van der Waals surface area contributed by atoms with E-state index in [2.05, 4.69) is 11.1 Å². The minimum absolute atomic E-state index is 0.000675. The molecule has 0 amide bonds. The highest BCUT2D eigenvalue weighted by molar-refractivity contribution is 7.19. The summed E-state index contributed by atoms with van der Waals surface area (Å²) in [5.74, 6) is -0.000675. The van der Waals surface area contributed by atoms with Gasteiger partial charge in [0.25, 0.3) is 0 Å². The summed E-state index contributed by atoms with van der Waals surface area (Å²) in [5.41, 5.74) is 3.53. The molecule has 0 N–H and O–H groups in total. The van der Waals surface area contributed by atoms with Gasteiger partial charge in [-0.25, -0.2) is 4.98 Å². The second-order valence-electron chi connectivity index (χ2n) is 6.02. The number of hydrogen-bond acceptors (Lipinski definition) is 5. The molecular formula is C21H19N3OS. The number of fused-ring (bicyclic) bond motifs is 1. The van der Waals surface area contributed by atoms with Crippen molar-refractivity contribution in [3.63, 3.8) is 0 Å². The molecule has 0 aliphatic rings. The first kappa shape index (κ1) is 17.8. The Morgan fingerprint density at radius 3 is 2.62 bits per heavy atom. The first-order chi connectivity index (χ1) is 12.6. The maximum absolute atomic E-state index is 12.2. The Morgan fingerprint density at radius 1 is 1.23 bits per heavy atom. The minimum atomic E-state index is -0.000675. The number of carbonyl (C=O) groups is 1. The molecule has 0 aliphatic carbocycles. The molecule has 1 heterocycles. The van der Waals surface area contributed by atoms with Crippen LogP contribution in [0, 0.1) is 11.3 Å². The number of nitrogens with zero attached hydrogens (tertiary/aromatic N) is 3. The molecule has 0 saturated carbocycles. The van der Waals surface area contributed by atoms with Gasteiger partial charge in [0.1, 0.15) is 5.01 Å². The van der Waals surface area contributed by atoms with E-state index in [1.54, 1.807) is 6.92 Å². The van der Waals surface area contributed by atoms with Gasteiger partial charge in [-0.2, -0.15) is 5.26 Å². The second kappa shape index (κ2) is 7.94. The number of carbonyl (C=O) groups excluding carboxylic acids is 1. The van der Waals surface area contributed by atoms with Crippen LogP contribution in [0.1, 0.15) is 23.9 Å². The fourth-order valence-corrected chi connectivity index (χ4v) is 3.67. The van der Waals surface area contributed by atoms with E-state index in [1.165, 1.54) is 11.3 Å². The van der Waals surface area contributed by atoms with Crippen LogP contribution in [0.25, 0.3) is 21.9 Å². The molecule has 4 nitrogen and oxygen atoms in total. The van der Waals surface area contributed by atoms with Gasteiger partial charge in [0.05, 0.1) is 28.3 Å². The Morgan fingerprint density at radius 2 is 1.96 bits per heavy atom. The van der Waals surface area contributed by atoms with E-state index in [1.807, 2.05) is 66.6 Å². The second-order valence-corrected chi connectivity index (χ2v) is 7.05. The predicted molar refractivity (Wildman–Crippen MR) is 108 cm³/mol. The summed E-state index contributed by atoms with van der Waals surface area (Å²) in [6, 6.07) is 18.0. The van der Waals surface area contributed by atoms with E-state index in [0.29, 0.717) is 18.5 Å². The zero-order valence-electron chi connectivity index (χ0n) is 14.8. The van der Waals surface area contributed by atoms with Crippen LogP contribution in [0.2, 0.25) is 0 Å². The molecule has 0 atom stereocenters. The summed E-state index contributed by atoms with van der Waals surface area (Å²) in [6.45, 7) is 2.26. The number of nitriles is 1. The standard InChI is InChI=1S/C21H19N3OS/c1-15(25)18(21-23-19-6-3-4-7-20(19)26-21)14-16-8-10-17(11-9-16)24(2)13-5-12-22/h3-4,6-11,14H,5,13H2,1-2H3/b18-14+. The Bertz CT molecular complexity index is 963. The third kappa shape index (κ3) is 3.98. The summed E-state index contributed by atoms with van der Waals surface area (Å²) >= 11 is 1.53. The number of ketones is 1. The lowest BCUT2D eigenvalue weighted by molar-refractivity contribution is -0.111. The van der Waals surface area contributed by atoms with Crippen LogP contribution in [0.15, 0.2) is 48.5 Å². The Hall–Kier alpha value is -2.97. The average Bonchev–Trinajstić information content (AvgIpc) is 3.08. The van der Waals surface area contributed by atoms with Crippen LogP contribution in [0.4, 0.5) is 5.69 Å². The molecule has 0 fully saturated rings. The number of hydrogen-bond donors (Lipinski definition) is 0. The Balaban J connectivity index is 1.89. The van der Waals surface area contributed by atoms with Gasteiger partial charge in [-0.15, -0.1) is 11.3 Å². The highest BCUT2D eigenvalue weighted by atomic mass is 32.1. The van der Waals surface area contributed by atoms with Crippen molar-refractivity contribution in [2.75, 3.05) is 18.5 Å². The molecule has 5 heteroatoms. The molecule has 2 aromatic carbocycles. The van der Waals surface area contributed by atoms with Gasteiger partial charge in [-0.1, -0.05) is 24.3 Å². The van der Waals surface area contributed by atoms with E-state index < -0.39 is 0 Å². The monoisotopic (exact) mass is 361 g/mol. The van der Waals surface area contributed by atoms with E-state index in [-0.39, 0.29) is 5.78 Å². The number of rotatable bonds is 6. The number of aromatic nitrogens is 1. The molecule has 1 aromatic heterocycles. The van der Waals surface area contributed by atoms with Crippen molar-refractivity contribution in [2.45, 2.75) is 13.3 Å². The average molecular weight is 361 g/mol. The van der Waals surface area contributed by atoms with Gasteiger partial charge in [0.2, 0.25) is 0 Å². The summed E-state index contributed by atoms with van der Waals surface area (Å²) in [6.07, 6.45) is 2.38. The topological polar surface area (TPSA) is 57.0 Å². The van der Waals surface area contributed by atoms with Gasteiger partial charge in [-0.3, -0.25) is 4.79 Å². The fraction of sp³-hybridized carbons (Fsp3) is 0.190. The van der Waals surface area contributed by atoms with Crippen molar-refractivity contribution < 1.29 is 4.79 Å². The maximum atomic E-state index is 12.2. The largest absolute Gasteiger partial charge is 0.374 e. The van der Waals surface area contributed by atoms with Gasteiger partial charge >= 0.3 is 0 Å². The molecule has 26 heavy (non-hydrogen) atoms. The molecule has 0 bridgehead atoms. The molecule has 0 radical (unpaired) electrons. The molecule has 0 spiro atoms. The van der Waals surface area contributed by atoms with Gasteiger partial charge in [-0.05, 0) is 42.8 Å². The Labute approximate surface area is 157 Å². The number of thiazole rings is 1. The van der Waals surface area contributed by atoms with E-state index >= 15 is 0 Å². The molecule has 3 aromatic rings. The smallest absolute Gasteiger partial charge is 0.162 e. The molecule has 130 valence electrons. The first-order valence-electron chi connectivity index (χ1n) is 8.35. The van der Waals surface area contributed by atoms with Crippen LogP contribution >= 0.6 is 11.3 Å². The quantitative estimate of drug-likeness (QED) is 0.593. The summed E-state index contributed by atoms with van der Waals surface area (Å²) < 4.78 is 1.07. The van der Waals surface area contributed by atoms with E-state index in [9.17, 15) is 4.79 Å². The maximum Gasteiger partial charge on any atom is 0.162 e. The SMILES string of the molecule is CC(=O)/C(=C\c1ccc(N(C)CCC#N)cc1)c1nc2ccccc2s1. The van der Waals surface area contributed by atoms with Crippen LogP contribution in [-0.2, 0) is 4.79 Å². The van der Waals surface area contributed by atoms with Crippen LogP contribution in [0.5, 0.6) is 0 Å². The summed E-state index contributed by atoms with van der Waals surface area (Å²) in [7, 11) is 1.96. The highest BCUT2D eigenvalue weighted by Gasteiger charge is 2.13. The lowest BCUT2D eigenvalue weighted by Gasteiger charge is -2.17. The highest BCUT2D eigenvalue weighted by Crippen LogP contribution is 2.29. The fourth-order valence-electron chi connectivity index (χ4n) is 2.64. The minimum Gasteiger partial charge on any atom is -0.374 e. The molecule has 0 saturated heterocycles. The first-order valence-corrected chi connectivity index (χ1v) is 9.17. The third-order valence-electron chi connectivity index (χ3n) is 4.11. The van der Waals surface area contributed by atoms with Crippen molar-refractivity contribution >= 4 is 44.7 Å². The summed E-state index contributed by atoms with van der Waals surface area (Å²) in [4.78, 5) is 18.8. The normalized spacial score (nSPS) is 11.3. The van der Waals surface area contributed by atoms with Crippen LogP contribution in [-0.4, -0.2) is 24.4 Å². The lowest BCUT2D eigenvalue weighted by atomic mass is 10.1. The van der Waals surface area contributed by atoms with Crippen molar-refractivity contribution in [3.05, 3.63) is 59.1 Å². The molecule has 0 aliphatic heterocycles. The van der Waals surface area contributed by atoms with Gasteiger partial charge < -0.3 is 4.90 Å². The van der Waals surface area contributed by atoms with Gasteiger partial charge in [0.15, 0.2) is 5.78 Å². The molecule has 3 rings (SSSR count). The zero-order valence-corrected chi connectivity index (χ0v) is 15.6. The van der Waals surface area contributed by atoms with Crippen molar-refractivity contribution in [1.82, 2.24) is 4.98 Å². The van der Waals surface area contributed by atoms with E-state index in [0.717, 1.165) is 26.5 Å². The number of para-hydroxylation sites is 1. The number of anilines is 1. The van der Waals surface area contributed by atoms with Crippen molar-refractivity contribution in [2.24, 2.45) is 0 Å². The lowest BCUT2D eigenvalue weighted by Crippen LogP contribution is -2.17. The Kier molecular flexibility index (Phi) is 5.45. The van der Waals surface area contributed by atoms with Crippen LogP contribution < -0.4 is 4.90 Å². The van der Waals surface area contributed by atoms with Crippen molar-refractivity contribution in [1.29, 1.82) is 5.26 Å². The molecule has 0 unspecified atom stereocenters. The predicted octanol–water partition coefficient (Wildman–Crippen LogP) is 4.78. The van der Waals surface area contributed by atoms with E-state index in [4.69, 9.17) is 5.26 Å². The summed E-state index contributed by atoms with van der Waals surface area (Å²) in [5, 5.41) is 9.44. The van der Waals surface area contributed by atoms with Crippen molar-refractivity contribution in [3.8, 4) is 6.07 Å². The van der Waals surface area contributed by atoms with Crippen LogP contribution in [0.3, 0.4) is 0 Å². The third-order valence-corrected chi connectivity index (χ3v) is 5.18. The zero-order chi connectivity index (χ0) is 18.5. The number of benzene rings is 2. The van der Waals surface area contributed by atoms with Gasteiger partial charge in [0, 0.05) is 19.3 Å². The number of allylic oxidation sites excluding steroid dienone is 1.